The highest BCUT2D eigenvalue weighted by atomic mass is 31.2. The zero-order valence-corrected chi connectivity index (χ0v) is 10.1. The number of aliphatic hydroxyl groups is 1. The summed E-state index contributed by atoms with van der Waals surface area (Å²) >= 11 is 0. The molecule has 0 aliphatic carbocycles. The third-order valence-electron chi connectivity index (χ3n) is 2.34. The van der Waals surface area contributed by atoms with Gasteiger partial charge in [0.15, 0.2) is 0 Å². The summed E-state index contributed by atoms with van der Waals surface area (Å²) in [5.74, 6) is 0. The van der Waals surface area contributed by atoms with E-state index in [1.54, 1.807) is 12.2 Å². The predicted molar refractivity (Wildman–Crippen MR) is 57.2 cm³/mol. The van der Waals surface area contributed by atoms with Crippen LogP contribution in [0.25, 0.3) is 0 Å². The molecule has 4 unspecified atom stereocenters. The standard InChI is InChI=1S/C7H13NO6P2/c9-6(5-3-1-2-4-8-5)7(15(10)11)16(12,13)14/h1-2,5-9H,3-4H2,(H2-,10,11,12,13,14)/p+1. The maximum absolute atomic E-state index is 11.0. The number of aliphatic hydroxyl groups excluding tert-OH is 1. The van der Waals surface area contributed by atoms with E-state index < -0.39 is 33.2 Å². The van der Waals surface area contributed by atoms with E-state index in [1.165, 1.54) is 0 Å². The summed E-state index contributed by atoms with van der Waals surface area (Å²) in [4.78, 5) is 26.7. The Balaban J connectivity index is 2.83. The maximum Gasteiger partial charge on any atom is 0.524 e. The molecule has 92 valence electrons. The molecule has 0 spiro atoms. The predicted octanol–water partition coefficient (Wildman–Crippen LogP) is -0.496. The minimum Gasteiger partial charge on any atom is -0.386 e. The quantitative estimate of drug-likeness (QED) is 0.344. The smallest absolute Gasteiger partial charge is 0.386 e. The van der Waals surface area contributed by atoms with Crippen LogP contribution in [0, 0.1) is 0 Å². The first-order chi connectivity index (χ1) is 7.34. The Kier molecular flexibility index (Phi) is 4.76. The largest absolute Gasteiger partial charge is 0.524 e. The van der Waals surface area contributed by atoms with Crippen molar-refractivity contribution >= 4 is 15.6 Å². The molecule has 9 heteroatoms. The molecular formula is C7H14NO6P2+. The molecule has 1 aliphatic heterocycles. The fourth-order valence-electron chi connectivity index (χ4n) is 1.56. The first-order valence-electron chi connectivity index (χ1n) is 4.61. The Labute approximate surface area is 93.2 Å². The molecule has 0 bridgehead atoms. The normalized spacial score (nSPS) is 26.2. The molecule has 0 fully saturated rings. The molecule has 0 saturated carbocycles. The van der Waals surface area contributed by atoms with E-state index in [0.717, 1.165) is 0 Å². The second-order valence-corrected chi connectivity index (χ2v) is 6.82. The van der Waals surface area contributed by atoms with Crippen molar-refractivity contribution in [1.29, 1.82) is 0 Å². The lowest BCUT2D eigenvalue weighted by Gasteiger charge is -2.25. The van der Waals surface area contributed by atoms with Crippen molar-refractivity contribution in [1.82, 2.24) is 5.32 Å². The van der Waals surface area contributed by atoms with Crippen LogP contribution in [0.4, 0.5) is 0 Å². The van der Waals surface area contributed by atoms with Crippen LogP contribution in [0.2, 0.25) is 0 Å². The Hall–Kier alpha value is -0.130. The van der Waals surface area contributed by atoms with Crippen LogP contribution >= 0.6 is 15.6 Å². The average molecular weight is 270 g/mol. The number of nitrogens with one attached hydrogen (secondary N) is 1. The van der Waals surface area contributed by atoms with Crippen LogP contribution < -0.4 is 5.32 Å². The molecule has 0 aromatic carbocycles. The number of hydrogen-bond acceptors (Lipinski definition) is 4. The molecule has 4 atom stereocenters. The van der Waals surface area contributed by atoms with Crippen LogP contribution in [0.3, 0.4) is 0 Å². The van der Waals surface area contributed by atoms with Gasteiger partial charge < -0.3 is 20.2 Å². The lowest BCUT2D eigenvalue weighted by molar-refractivity contribution is 0.130. The summed E-state index contributed by atoms with van der Waals surface area (Å²) in [6, 6.07) is -0.617. The van der Waals surface area contributed by atoms with Crippen molar-refractivity contribution in [2.24, 2.45) is 0 Å². The van der Waals surface area contributed by atoms with Gasteiger partial charge in [-0.05, 0) is 11.0 Å². The zero-order chi connectivity index (χ0) is 12.3. The zero-order valence-electron chi connectivity index (χ0n) is 8.30. The fraction of sp³-hybridized carbons (Fsp3) is 0.714. The SMILES string of the molecule is O=[P+](O)C(C(O)C1CC=CCN1)P(=O)(O)O. The number of hydrogen-bond donors (Lipinski definition) is 5. The molecule has 7 nitrogen and oxygen atoms in total. The average Bonchev–Trinajstić information content (AvgIpc) is 2.16. The van der Waals surface area contributed by atoms with E-state index in [0.29, 0.717) is 13.0 Å². The Morgan fingerprint density at radius 3 is 2.44 bits per heavy atom. The topological polar surface area (TPSA) is 127 Å². The van der Waals surface area contributed by atoms with Crippen LogP contribution in [-0.4, -0.2) is 43.9 Å². The van der Waals surface area contributed by atoms with Gasteiger partial charge in [-0.3, -0.25) is 4.57 Å². The first-order valence-corrected chi connectivity index (χ1v) is 7.57. The summed E-state index contributed by atoms with van der Waals surface area (Å²) in [6.45, 7) is 0.456. The third-order valence-corrected chi connectivity index (χ3v) is 5.59. The highest BCUT2D eigenvalue weighted by Crippen LogP contribution is 2.54. The minimum atomic E-state index is -4.80. The van der Waals surface area contributed by atoms with Gasteiger partial charge in [0.25, 0.3) is 0 Å². The van der Waals surface area contributed by atoms with Crippen LogP contribution in [0.1, 0.15) is 6.42 Å². The monoisotopic (exact) mass is 270 g/mol. The second-order valence-electron chi connectivity index (χ2n) is 3.52. The van der Waals surface area contributed by atoms with Crippen molar-refractivity contribution in [2.45, 2.75) is 24.0 Å². The summed E-state index contributed by atoms with van der Waals surface area (Å²) in [5, 5.41) is 10.6. The van der Waals surface area contributed by atoms with Gasteiger partial charge in [0, 0.05) is 12.6 Å². The Bertz CT molecular complexity index is 340. The summed E-state index contributed by atoms with van der Waals surface area (Å²) in [7, 11) is -7.95. The van der Waals surface area contributed by atoms with Gasteiger partial charge in [-0.25, -0.2) is 0 Å². The van der Waals surface area contributed by atoms with Crippen molar-refractivity contribution in [3.8, 4) is 0 Å². The van der Waals surface area contributed by atoms with Crippen molar-refractivity contribution in [3.63, 3.8) is 0 Å². The lowest BCUT2D eigenvalue weighted by atomic mass is 10.1. The molecule has 1 rings (SSSR count). The number of rotatable bonds is 4. The molecule has 5 N–H and O–H groups in total. The van der Waals surface area contributed by atoms with Gasteiger partial charge in [-0.2, -0.15) is 4.89 Å². The molecule has 0 amide bonds. The van der Waals surface area contributed by atoms with Gasteiger partial charge in [-0.1, -0.05) is 12.2 Å². The Morgan fingerprint density at radius 1 is 1.44 bits per heavy atom. The van der Waals surface area contributed by atoms with E-state index in [1.807, 2.05) is 0 Å². The highest BCUT2D eigenvalue weighted by Gasteiger charge is 2.53. The van der Waals surface area contributed by atoms with Gasteiger partial charge in [0.05, 0.1) is 0 Å². The molecule has 1 aliphatic rings. The third kappa shape index (κ3) is 3.43. The van der Waals surface area contributed by atoms with Crippen LogP contribution in [-0.2, 0) is 9.13 Å². The van der Waals surface area contributed by atoms with E-state index in [2.05, 4.69) is 5.32 Å². The van der Waals surface area contributed by atoms with Gasteiger partial charge in [-0.15, -0.1) is 0 Å². The highest BCUT2D eigenvalue weighted by molar-refractivity contribution is 7.65. The molecule has 1 heterocycles. The second kappa shape index (κ2) is 5.47. The van der Waals surface area contributed by atoms with E-state index in [4.69, 9.17) is 14.7 Å². The maximum atomic E-state index is 11.0. The summed E-state index contributed by atoms with van der Waals surface area (Å²) < 4.78 is 21.9. The summed E-state index contributed by atoms with van der Waals surface area (Å²) in [5.41, 5.74) is 0. The minimum absolute atomic E-state index is 0.362. The van der Waals surface area contributed by atoms with E-state index >= 15 is 0 Å². The molecule has 16 heavy (non-hydrogen) atoms. The summed E-state index contributed by atoms with van der Waals surface area (Å²) in [6.07, 6.45) is 2.35. The van der Waals surface area contributed by atoms with Crippen LogP contribution in [0.15, 0.2) is 12.2 Å². The van der Waals surface area contributed by atoms with Gasteiger partial charge in [0.2, 0.25) is 0 Å². The first kappa shape index (κ1) is 13.9. The van der Waals surface area contributed by atoms with Gasteiger partial charge >= 0.3 is 21.0 Å². The molecule has 0 radical (unpaired) electrons. The Morgan fingerprint density at radius 2 is 2.06 bits per heavy atom. The fourth-order valence-corrected chi connectivity index (χ4v) is 3.66. The molecule has 0 aromatic rings. The molecular weight excluding hydrogens is 256 g/mol. The van der Waals surface area contributed by atoms with Crippen molar-refractivity contribution in [2.75, 3.05) is 6.54 Å². The van der Waals surface area contributed by atoms with E-state index in [9.17, 15) is 14.2 Å². The van der Waals surface area contributed by atoms with Crippen molar-refractivity contribution in [3.05, 3.63) is 12.2 Å². The van der Waals surface area contributed by atoms with E-state index in [-0.39, 0.29) is 0 Å². The molecule has 0 saturated heterocycles. The molecule has 0 aromatic heterocycles. The van der Waals surface area contributed by atoms with Crippen LogP contribution in [0.5, 0.6) is 0 Å². The lowest BCUT2D eigenvalue weighted by Crippen LogP contribution is -2.46. The van der Waals surface area contributed by atoms with Crippen molar-refractivity contribution < 1.29 is 28.9 Å². The van der Waals surface area contributed by atoms with Gasteiger partial charge in [0.1, 0.15) is 6.10 Å².